The third-order valence-corrected chi connectivity index (χ3v) is 2.60. The van der Waals surface area contributed by atoms with Crippen molar-refractivity contribution in [3.05, 3.63) is 28.6 Å². The molecule has 0 aliphatic carbocycles. The number of fused-ring (bicyclic) bond motifs is 1. The maximum Gasteiger partial charge on any atom is 0.166 e. The Morgan fingerprint density at radius 3 is 3.00 bits per heavy atom. The second kappa shape index (κ2) is 4.26. The maximum atomic E-state index is 9.78. The minimum absolute atomic E-state index is 0.421. The van der Waals surface area contributed by atoms with Crippen LogP contribution in [0.2, 0.25) is 0 Å². The molecule has 2 aromatic rings. The highest BCUT2D eigenvalue weighted by Crippen LogP contribution is 2.17. The number of nitrogens with two attached hydrogens (primary N) is 1. The van der Waals surface area contributed by atoms with Crippen LogP contribution in [-0.4, -0.2) is 26.2 Å². The molecule has 2 aromatic heterocycles. The van der Waals surface area contributed by atoms with Gasteiger partial charge in [-0.05, 0) is 41.0 Å². The van der Waals surface area contributed by atoms with Crippen molar-refractivity contribution < 1.29 is 5.11 Å². The highest BCUT2D eigenvalue weighted by molar-refractivity contribution is 9.10. The summed E-state index contributed by atoms with van der Waals surface area (Å²) >= 11 is 3.36. The van der Waals surface area contributed by atoms with Crippen LogP contribution in [0.25, 0.3) is 5.65 Å². The van der Waals surface area contributed by atoms with E-state index in [2.05, 4.69) is 26.1 Å². The van der Waals surface area contributed by atoms with Crippen LogP contribution in [0, 0.1) is 0 Å². The van der Waals surface area contributed by atoms with Gasteiger partial charge in [-0.15, -0.1) is 10.2 Å². The van der Waals surface area contributed by atoms with Crippen LogP contribution in [0.3, 0.4) is 0 Å². The Morgan fingerprint density at radius 1 is 1.47 bits per heavy atom. The summed E-state index contributed by atoms with van der Waals surface area (Å²) < 4.78 is 2.67. The van der Waals surface area contributed by atoms with Gasteiger partial charge in [0.1, 0.15) is 6.10 Å². The highest BCUT2D eigenvalue weighted by atomic mass is 79.9. The fraction of sp³-hybridized carbons (Fsp3) is 0.333. The minimum Gasteiger partial charge on any atom is -0.385 e. The molecule has 6 heteroatoms. The monoisotopic (exact) mass is 270 g/mol. The van der Waals surface area contributed by atoms with Gasteiger partial charge in [0.25, 0.3) is 0 Å². The number of halogens is 1. The molecule has 80 valence electrons. The van der Waals surface area contributed by atoms with Gasteiger partial charge in [0.2, 0.25) is 0 Å². The van der Waals surface area contributed by atoms with E-state index in [0.717, 1.165) is 4.47 Å². The molecule has 0 radical (unpaired) electrons. The fourth-order valence-electron chi connectivity index (χ4n) is 1.40. The number of aliphatic hydroxyl groups is 1. The summed E-state index contributed by atoms with van der Waals surface area (Å²) in [5.74, 6) is 0.525. The van der Waals surface area contributed by atoms with Crippen LogP contribution in [0.15, 0.2) is 22.8 Å². The molecule has 0 bridgehead atoms. The first-order chi connectivity index (χ1) is 7.22. The van der Waals surface area contributed by atoms with Crippen LogP contribution < -0.4 is 5.73 Å². The standard InChI is InChI=1S/C9H11BrN4O/c10-6-1-2-8-12-13-9(14(8)5-6)7(15)3-4-11/h1-2,5,7,15H,3-4,11H2. The summed E-state index contributed by atoms with van der Waals surface area (Å²) in [6.45, 7) is 0.421. The molecule has 0 aliphatic rings. The fourth-order valence-corrected chi connectivity index (χ4v) is 1.73. The predicted molar refractivity (Wildman–Crippen MR) is 59.3 cm³/mol. The third kappa shape index (κ3) is 2.01. The van der Waals surface area contributed by atoms with Crippen molar-refractivity contribution in [1.29, 1.82) is 0 Å². The van der Waals surface area contributed by atoms with Crippen molar-refractivity contribution in [3.8, 4) is 0 Å². The van der Waals surface area contributed by atoms with Crippen LogP contribution in [0.4, 0.5) is 0 Å². The van der Waals surface area contributed by atoms with Crippen molar-refractivity contribution in [2.45, 2.75) is 12.5 Å². The van der Waals surface area contributed by atoms with Gasteiger partial charge in [-0.2, -0.15) is 0 Å². The predicted octanol–water partition coefficient (Wildman–Crippen LogP) is 0.874. The summed E-state index contributed by atoms with van der Waals surface area (Å²) in [7, 11) is 0. The zero-order valence-corrected chi connectivity index (χ0v) is 9.55. The summed E-state index contributed by atoms with van der Waals surface area (Å²) in [6, 6.07) is 3.71. The van der Waals surface area contributed by atoms with Crippen molar-refractivity contribution in [2.24, 2.45) is 5.73 Å². The molecule has 1 atom stereocenters. The third-order valence-electron chi connectivity index (χ3n) is 2.13. The lowest BCUT2D eigenvalue weighted by Gasteiger charge is -2.06. The number of nitrogens with zero attached hydrogens (tertiary/aromatic N) is 3. The maximum absolute atomic E-state index is 9.78. The van der Waals surface area contributed by atoms with Gasteiger partial charge in [-0.1, -0.05) is 0 Å². The molecule has 0 fully saturated rings. The molecule has 0 saturated heterocycles. The Labute approximate surface area is 95.1 Å². The van der Waals surface area contributed by atoms with Crippen molar-refractivity contribution in [3.63, 3.8) is 0 Å². The van der Waals surface area contributed by atoms with Gasteiger partial charge in [-0.25, -0.2) is 0 Å². The Balaban J connectivity index is 2.47. The molecule has 5 nitrogen and oxygen atoms in total. The smallest absolute Gasteiger partial charge is 0.166 e. The molecule has 1 unspecified atom stereocenters. The number of pyridine rings is 1. The number of hydrogen-bond donors (Lipinski definition) is 2. The van der Waals surface area contributed by atoms with Gasteiger partial charge in [0, 0.05) is 10.7 Å². The van der Waals surface area contributed by atoms with E-state index in [4.69, 9.17) is 5.73 Å². The van der Waals surface area contributed by atoms with Crippen LogP contribution in [-0.2, 0) is 0 Å². The Morgan fingerprint density at radius 2 is 2.27 bits per heavy atom. The molecule has 0 spiro atoms. The molecular weight excluding hydrogens is 260 g/mol. The molecule has 0 saturated carbocycles. The van der Waals surface area contributed by atoms with E-state index in [9.17, 15) is 5.11 Å². The van der Waals surface area contributed by atoms with Crippen LogP contribution >= 0.6 is 15.9 Å². The lowest BCUT2D eigenvalue weighted by atomic mass is 10.2. The van der Waals surface area contributed by atoms with Crippen molar-refractivity contribution >= 4 is 21.6 Å². The second-order valence-electron chi connectivity index (χ2n) is 3.23. The Bertz CT molecular complexity index is 470. The van der Waals surface area contributed by atoms with Gasteiger partial charge in [-0.3, -0.25) is 4.40 Å². The van der Waals surface area contributed by atoms with Crippen molar-refractivity contribution in [1.82, 2.24) is 14.6 Å². The summed E-state index contributed by atoms with van der Waals surface area (Å²) in [6.07, 6.45) is 1.64. The zero-order chi connectivity index (χ0) is 10.8. The van der Waals surface area contributed by atoms with E-state index in [1.54, 1.807) is 4.40 Å². The first-order valence-corrected chi connectivity index (χ1v) is 5.40. The average molecular weight is 271 g/mol. The molecule has 2 heterocycles. The molecule has 0 aliphatic heterocycles. The number of hydrogen-bond acceptors (Lipinski definition) is 4. The molecule has 0 amide bonds. The van der Waals surface area contributed by atoms with E-state index >= 15 is 0 Å². The average Bonchev–Trinajstić information content (AvgIpc) is 2.60. The number of rotatable bonds is 3. The topological polar surface area (TPSA) is 76.4 Å². The summed E-state index contributed by atoms with van der Waals surface area (Å²) in [5.41, 5.74) is 6.10. The van der Waals surface area contributed by atoms with E-state index in [1.165, 1.54) is 0 Å². The molecule has 2 rings (SSSR count). The summed E-state index contributed by atoms with van der Waals surface area (Å²) in [5, 5.41) is 17.7. The lowest BCUT2D eigenvalue weighted by molar-refractivity contribution is 0.159. The first kappa shape index (κ1) is 10.5. The van der Waals surface area contributed by atoms with Gasteiger partial charge in [0.05, 0.1) is 0 Å². The molecule has 15 heavy (non-hydrogen) atoms. The zero-order valence-electron chi connectivity index (χ0n) is 7.97. The summed E-state index contributed by atoms with van der Waals surface area (Å²) in [4.78, 5) is 0. The highest BCUT2D eigenvalue weighted by Gasteiger charge is 2.14. The minimum atomic E-state index is -0.667. The van der Waals surface area contributed by atoms with E-state index in [1.807, 2.05) is 18.3 Å². The second-order valence-corrected chi connectivity index (χ2v) is 4.14. The van der Waals surface area contributed by atoms with Gasteiger partial charge >= 0.3 is 0 Å². The number of aliphatic hydroxyl groups excluding tert-OH is 1. The van der Waals surface area contributed by atoms with E-state index in [-0.39, 0.29) is 0 Å². The largest absolute Gasteiger partial charge is 0.385 e. The van der Waals surface area contributed by atoms with Crippen LogP contribution in [0.1, 0.15) is 18.3 Å². The van der Waals surface area contributed by atoms with E-state index < -0.39 is 6.10 Å². The van der Waals surface area contributed by atoms with Crippen molar-refractivity contribution in [2.75, 3.05) is 6.54 Å². The Hall–Kier alpha value is -0.980. The van der Waals surface area contributed by atoms with E-state index in [0.29, 0.717) is 24.4 Å². The molecule has 0 aromatic carbocycles. The van der Waals surface area contributed by atoms with Crippen LogP contribution in [0.5, 0.6) is 0 Å². The SMILES string of the molecule is NCCC(O)c1nnc2ccc(Br)cn12. The van der Waals surface area contributed by atoms with Gasteiger partial charge < -0.3 is 10.8 Å². The first-order valence-electron chi connectivity index (χ1n) is 4.60. The van der Waals surface area contributed by atoms with Gasteiger partial charge in [0.15, 0.2) is 11.5 Å². The molecule has 3 N–H and O–H groups in total. The quantitative estimate of drug-likeness (QED) is 0.868. The Kier molecular flexibility index (Phi) is 2.99. The lowest BCUT2D eigenvalue weighted by Crippen LogP contribution is -2.09. The normalized spacial score (nSPS) is 13.3. The molecular formula is C9H11BrN4O. The number of aromatic nitrogens is 3.